The first-order valence-corrected chi connectivity index (χ1v) is 11.3. The van der Waals surface area contributed by atoms with Crippen LogP contribution in [0.2, 0.25) is 5.02 Å². The zero-order valence-electron chi connectivity index (χ0n) is 16.8. The molecule has 1 saturated heterocycles. The quantitative estimate of drug-likeness (QED) is 0.704. The topological polar surface area (TPSA) is 66.9 Å². The van der Waals surface area contributed by atoms with Crippen molar-refractivity contribution < 1.29 is 17.9 Å². The van der Waals surface area contributed by atoms with Gasteiger partial charge >= 0.3 is 0 Å². The highest BCUT2D eigenvalue weighted by Gasteiger charge is 2.28. The first-order chi connectivity index (χ1) is 13.8. The molecule has 0 spiro atoms. The van der Waals surface area contributed by atoms with Gasteiger partial charge in [-0.3, -0.25) is 9.10 Å². The van der Waals surface area contributed by atoms with Crippen molar-refractivity contribution in [1.29, 1.82) is 0 Å². The molecule has 156 valence electrons. The molecule has 3 rings (SSSR count). The predicted octanol–water partition coefficient (Wildman–Crippen LogP) is 4.19. The minimum Gasteiger partial charge on any atom is -0.497 e. The fourth-order valence-corrected chi connectivity index (χ4v) is 4.89. The van der Waals surface area contributed by atoms with Crippen molar-refractivity contribution >= 4 is 33.2 Å². The van der Waals surface area contributed by atoms with E-state index in [1.54, 1.807) is 36.3 Å². The van der Waals surface area contributed by atoms with E-state index < -0.39 is 10.0 Å². The van der Waals surface area contributed by atoms with E-state index in [1.807, 2.05) is 6.92 Å². The molecule has 0 bridgehead atoms. The van der Waals surface area contributed by atoms with E-state index in [-0.39, 0.29) is 27.4 Å². The van der Waals surface area contributed by atoms with Gasteiger partial charge in [0.2, 0.25) is 0 Å². The third-order valence-electron chi connectivity index (χ3n) is 5.33. The lowest BCUT2D eigenvalue weighted by Gasteiger charge is -2.33. The molecular formula is C21H25ClN2O4S. The number of hydrogen-bond acceptors (Lipinski definition) is 4. The van der Waals surface area contributed by atoms with Crippen LogP contribution in [0.25, 0.3) is 0 Å². The molecule has 1 atom stereocenters. The van der Waals surface area contributed by atoms with Gasteiger partial charge in [0, 0.05) is 19.6 Å². The molecule has 8 heteroatoms. The van der Waals surface area contributed by atoms with Crippen LogP contribution >= 0.6 is 11.6 Å². The number of sulfonamides is 1. The van der Waals surface area contributed by atoms with Gasteiger partial charge in [0.05, 0.1) is 28.3 Å². The second-order valence-electron chi connectivity index (χ2n) is 7.16. The molecule has 1 fully saturated rings. The second-order valence-corrected chi connectivity index (χ2v) is 9.53. The molecule has 1 aliphatic heterocycles. The fraction of sp³-hybridized carbons (Fsp3) is 0.381. The molecule has 6 nitrogen and oxygen atoms in total. The van der Waals surface area contributed by atoms with Gasteiger partial charge in [-0.15, -0.1) is 0 Å². The van der Waals surface area contributed by atoms with Crippen molar-refractivity contribution in [2.45, 2.75) is 37.1 Å². The summed E-state index contributed by atoms with van der Waals surface area (Å²) in [6, 6.07) is 11.1. The maximum Gasteiger partial charge on any atom is 0.264 e. The highest BCUT2D eigenvalue weighted by Crippen LogP contribution is 2.29. The summed E-state index contributed by atoms with van der Waals surface area (Å²) in [4.78, 5) is 14.8. The number of halogens is 1. The number of benzene rings is 2. The van der Waals surface area contributed by atoms with Crippen LogP contribution in [-0.4, -0.2) is 46.0 Å². The summed E-state index contributed by atoms with van der Waals surface area (Å²) in [5.74, 6) is 0.404. The average Bonchev–Trinajstić information content (AvgIpc) is 2.73. The third-order valence-corrected chi connectivity index (χ3v) is 7.44. The highest BCUT2D eigenvalue weighted by atomic mass is 35.5. The summed E-state index contributed by atoms with van der Waals surface area (Å²) in [5, 5.41) is 0.249. The van der Waals surface area contributed by atoms with Crippen molar-refractivity contribution in [3.05, 3.63) is 53.1 Å². The third kappa shape index (κ3) is 4.36. The Balaban J connectivity index is 1.93. The molecule has 0 radical (unpaired) electrons. The SMILES string of the molecule is COc1ccc(N(C)S(=O)(=O)c2ccc(Cl)c(C(=O)N3CCCCC3C)c2)cc1. The zero-order chi connectivity index (χ0) is 21.2. The van der Waals surface area contributed by atoms with Crippen LogP contribution in [0.5, 0.6) is 5.75 Å². The van der Waals surface area contributed by atoms with Gasteiger partial charge in [0.15, 0.2) is 0 Å². The summed E-state index contributed by atoms with van der Waals surface area (Å²) < 4.78 is 32.6. The van der Waals surface area contributed by atoms with Crippen molar-refractivity contribution in [2.24, 2.45) is 0 Å². The number of rotatable bonds is 5. The lowest BCUT2D eigenvalue weighted by Crippen LogP contribution is -2.42. The number of nitrogens with zero attached hydrogens (tertiary/aromatic N) is 2. The van der Waals surface area contributed by atoms with Crippen LogP contribution < -0.4 is 9.04 Å². The Bertz CT molecular complexity index is 992. The van der Waals surface area contributed by atoms with Crippen LogP contribution in [0.1, 0.15) is 36.5 Å². The number of carbonyl (C=O) groups is 1. The number of methoxy groups -OCH3 is 1. The molecule has 0 N–H and O–H groups in total. The van der Waals surface area contributed by atoms with E-state index >= 15 is 0 Å². The van der Waals surface area contributed by atoms with E-state index in [2.05, 4.69) is 0 Å². The monoisotopic (exact) mass is 436 g/mol. The van der Waals surface area contributed by atoms with Crippen molar-refractivity contribution in [2.75, 3.05) is 25.0 Å². The van der Waals surface area contributed by atoms with Gasteiger partial charge in [-0.1, -0.05) is 11.6 Å². The standard InChI is InChI=1S/C21H25ClN2O4S/c1-15-6-4-5-13-24(15)21(25)19-14-18(11-12-20(19)22)29(26,27)23(2)16-7-9-17(28-3)10-8-16/h7-12,14-15H,4-6,13H2,1-3H3. The Morgan fingerprint density at radius 1 is 1.17 bits per heavy atom. The number of carbonyl (C=O) groups excluding carboxylic acids is 1. The molecule has 0 aromatic heterocycles. The number of hydrogen-bond donors (Lipinski definition) is 0. The molecule has 29 heavy (non-hydrogen) atoms. The highest BCUT2D eigenvalue weighted by molar-refractivity contribution is 7.92. The molecular weight excluding hydrogens is 412 g/mol. The molecule has 1 heterocycles. The molecule has 1 aliphatic rings. The van der Waals surface area contributed by atoms with E-state index in [0.29, 0.717) is 18.0 Å². The minimum atomic E-state index is -3.87. The molecule has 2 aromatic carbocycles. The fourth-order valence-electron chi connectivity index (χ4n) is 3.47. The Labute approximate surface area is 177 Å². The largest absolute Gasteiger partial charge is 0.497 e. The summed E-state index contributed by atoms with van der Waals surface area (Å²) in [6.45, 7) is 2.65. The van der Waals surface area contributed by atoms with Crippen molar-refractivity contribution in [3.63, 3.8) is 0 Å². The van der Waals surface area contributed by atoms with Crippen LogP contribution in [0, 0.1) is 0 Å². The average molecular weight is 437 g/mol. The van der Waals surface area contributed by atoms with Crippen LogP contribution in [0.3, 0.4) is 0 Å². The van der Waals surface area contributed by atoms with Gasteiger partial charge in [-0.25, -0.2) is 8.42 Å². The summed E-state index contributed by atoms with van der Waals surface area (Å²) in [6.07, 6.45) is 2.95. The van der Waals surface area contributed by atoms with Crippen molar-refractivity contribution in [1.82, 2.24) is 4.90 Å². The summed E-state index contributed by atoms with van der Waals surface area (Å²) >= 11 is 6.27. The van der Waals surface area contributed by atoms with Gasteiger partial charge < -0.3 is 9.64 Å². The molecule has 0 aliphatic carbocycles. The lowest BCUT2D eigenvalue weighted by atomic mass is 10.0. The lowest BCUT2D eigenvalue weighted by molar-refractivity contribution is 0.0635. The number of likely N-dealkylation sites (tertiary alicyclic amines) is 1. The Kier molecular flexibility index (Phi) is 6.39. The van der Waals surface area contributed by atoms with E-state index in [4.69, 9.17) is 16.3 Å². The minimum absolute atomic E-state index is 0.0215. The first-order valence-electron chi connectivity index (χ1n) is 9.49. The Morgan fingerprint density at radius 2 is 1.86 bits per heavy atom. The van der Waals surface area contributed by atoms with Gasteiger partial charge in [-0.05, 0) is 68.7 Å². The molecule has 2 aromatic rings. The van der Waals surface area contributed by atoms with E-state index in [9.17, 15) is 13.2 Å². The van der Waals surface area contributed by atoms with Gasteiger partial charge in [-0.2, -0.15) is 0 Å². The van der Waals surface area contributed by atoms with Gasteiger partial charge in [0.25, 0.3) is 15.9 Å². The Morgan fingerprint density at radius 3 is 2.48 bits per heavy atom. The first kappa shape index (κ1) is 21.5. The number of amides is 1. The van der Waals surface area contributed by atoms with Crippen molar-refractivity contribution in [3.8, 4) is 5.75 Å². The smallest absolute Gasteiger partial charge is 0.264 e. The maximum absolute atomic E-state index is 13.1. The van der Waals surface area contributed by atoms with Crippen LogP contribution in [0.4, 0.5) is 5.69 Å². The van der Waals surface area contributed by atoms with Gasteiger partial charge in [0.1, 0.15) is 5.75 Å². The maximum atomic E-state index is 13.1. The van der Waals surface area contributed by atoms with E-state index in [1.165, 1.54) is 29.6 Å². The Hall–Kier alpha value is -2.25. The molecule has 1 unspecified atom stereocenters. The number of anilines is 1. The summed E-state index contributed by atoms with van der Waals surface area (Å²) in [5.41, 5.74) is 0.697. The predicted molar refractivity (Wildman–Crippen MR) is 114 cm³/mol. The molecule has 1 amide bonds. The van der Waals surface area contributed by atoms with E-state index in [0.717, 1.165) is 19.3 Å². The molecule has 0 saturated carbocycles. The summed E-state index contributed by atoms with van der Waals surface area (Å²) in [7, 11) is -0.847. The number of ether oxygens (including phenoxy) is 1. The second kappa shape index (κ2) is 8.63. The number of piperidine rings is 1. The van der Waals surface area contributed by atoms with Crippen LogP contribution in [-0.2, 0) is 10.0 Å². The van der Waals surface area contributed by atoms with Crippen LogP contribution in [0.15, 0.2) is 47.4 Å². The normalized spacial score (nSPS) is 17.1. The zero-order valence-corrected chi connectivity index (χ0v) is 18.3.